The fourth-order valence-electron chi connectivity index (χ4n) is 2.82. The predicted molar refractivity (Wildman–Crippen MR) is 110 cm³/mol. The third-order valence-electron chi connectivity index (χ3n) is 4.42. The van der Waals surface area contributed by atoms with Crippen molar-refractivity contribution in [3.8, 4) is 0 Å². The number of hydrogen-bond donors (Lipinski definition) is 6. The summed E-state index contributed by atoms with van der Waals surface area (Å²) in [5.41, 5.74) is 8.25. The first kappa shape index (κ1) is 18.7. The SMILES string of the molecule is N=C(C(=O)NCCO)c1ccc(Nc2nc(NC3CC3)c3occc3n2)cc1N. The highest BCUT2D eigenvalue weighted by molar-refractivity contribution is 6.45. The molecule has 1 aliphatic rings. The lowest BCUT2D eigenvalue weighted by Gasteiger charge is -2.12. The minimum absolute atomic E-state index is 0.0752. The van der Waals surface area contributed by atoms with Gasteiger partial charge in [-0.25, -0.2) is 4.98 Å². The number of carbonyl (C=O) groups is 1. The van der Waals surface area contributed by atoms with E-state index in [1.165, 1.54) is 0 Å². The first-order valence-electron chi connectivity index (χ1n) is 9.21. The molecule has 0 saturated heterocycles. The van der Waals surface area contributed by atoms with Crippen molar-refractivity contribution in [2.45, 2.75) is 18.9 Å². The second-order valence-electron chi connectivity index (χ2n) is 6.73. The Morgan fingerprint density at radius 3 is 2.86 bits per heavy atom. The second kappa shape index (κ2) is 7.76. The summed E-state index contributed by atoms with van der Waals surface area (Å²) in [6.07, 6.45) is 3.77. The number of rotatable bonds is 8. The van der Waals surface area contributed by atoms with Crippen molar-refractivity contribution in [3.63, 3.8) is 0 Å². The standard InChI is InChI=1S/C19H21N7O3/c20-13-9-11(3-4-12(13)15(21)18(28)22-6-7-27)24-19-25-14-5-8-29-16(14)17(26-19)23-10-1-2-10/h3-5,8-10,21,27H,1-2,6-7,20H2,(H,22,28)(H2,23,24,25,26). The summed E-state index contributed by atoms with van der Waals surface area (Å²) in [5.74, 6) is 0.415. The van der Waals surface area contributed by atoms with Crippen LogP contribution in [0.1, 0.15) is 18.4 Å². The number of fused-ring (bicyclic) bond motifs is 1. The van der Waals surface area contributed by atoms with Gasteiger partial charge in [-0.15, -0.1) is 0 Å². The summed E-state index contributed by atoms with van der Waals surface area (Å²) in [6.45, 7) is -0.123. The van der Waals surface area contributed by atoms with Crippen LogP contribution in [0.2, 0.25) is 0 Å². The summed E-state index contributed by atoms with van der Waals surface area (Å²) < 4.78 is 5.48. The molecule has 10 heteroatoms. The molecule has 0 bridgehead atoms. The number of anilines is 4. The van der Waals surface area contributed by atoms with E-state index in [2.05, 4.69) is 25.9 Å². The molecule has 150 valence electrons. The van der Waals surface area contributed by atoms with Gasteiger partial charge in [-0.3, -0.25) is 10.2 Å². The summed E-state index contributed by atoms with van der Waals surface area (Å²) in [5, 5.41) is 25.6. The van der Waals surface area contributed by atoms with E-state index in [0.29, 0.717) is 40.2 Å². The van der Waals surface area contributed by atoms with E-state index in [1.807, 2.05) is 0 Å². The lowest BCUT2D eigenvalue weighted by molar-refractivity contribution is -0.114. The number of benzene rings is 1. The lowest BCUT2D eigenvalue weighted by Crippen LogP contribution is -2.33. The van der Waals surface area contributed by atoms with Gasteiger partial charge in [0.2, 0.25) is 5.95 Å². The van der Waals surface area contributed by atoms with Crippen LogP contribution in [-0.4, -0.2) is 45.9 Å². The van der Waals surface area contributed by atoms with Gasteiger partial charge in [0, 0.05) is 35.6 Å². The molecular formula is C19H21N7O3. The second-order valence-corrected chi connectivity index (χ2v) is 6.73. The predicted octanol–water partition coefficient (Wildman–Crippen LogP) is 1.60. The zero-order valence-electron chi connectivity index (χ0n) is 15.5. The zero-order chi connectivity index (χ0) is 20.4. The van der Waals surface area contributed by atoms with Crippen LogP contribution in [0.25, 0.3) is 11.1 Å². The highest BCUT2D eigenvalue weighted by Crippen LogP contribution is 2.30. The molecule has 3 aromatic rings. The van der Waals surface area contributed by atoms with E-state index in [-0.39, 0.29) is 24.6 Å². The van der Waals surface area contributed by atoms with Gasteiger partial charge in [-0.2, -0.15) is 4.98 Å². The number of nitrogens with zero attached hydrogens (tertiary/aromatic N) is 2. The van der Waals surface area contributed by atoms with E-state index in [9.17, 15) is 4.79 Å². The number of hydrogen-bond acceptors (Lipinski definition) is 9. The topological polar surface area (TPSA) is 162 Å². The van der Waals surface area contributed by atoms with Crippen molar-refractivity contribution in [1.82, 2.24) is 15.3 Å². The Labute approximate surface area is 166 Å². The molecule has 2 aromatic heterocycles. The van der Waals surface area contributed by atoms with Crippen LogP contribution in [0.5, 0.6) is 0 Å². The Bertz CT molecular complexity index is 1070. The molecule has 1 amide bonds. The molecule has 2 heterocycles. The van der Waals surface area contributed by atoms with Crippen molar-refractivity contribution in [3.05, 3.63) is 36.1 Å². The van der Waals surface area contributed by atoms with Gasteiger partial charge in [0.25, 0.3) is 5.91 Å². The number of carbonyl (C=O) groups excluding carboxylic acids is 1. The van der Waals surface area contributed by atoms with Crippen molar-refractivity contribution < 1.29 is 14.3 Å². The Morgan fingerprint density at radius 2 is 2.14 bits per heavy atom. The first-order chi connectivity index (χ1) is 14.0. The Morgan fingerprint density at radius 1 is 1.31 bits per heavy atom. The molecule has 0 aliphatic heterocycles. The third-order valence-corrected chi connectivity index (χ3v) is 4.42. The van der Waals surface area contributed by atoms with E-state index in [4.69, 9.17) is 20.7 Å². The fourth-order valence-corrected chi connectivity index (χ4v) is 2.82. The number of nitrogens with two attached hydrogens (primary N) is 1. The molecule has 0 radical (unpaired) electrons. The fraction of sp³-hybridized carbons (Fsp3) is 0.263. The van der Waals surface area contributed by atoms with Gasteiger partial charge in [-0.1, -0.05) is 0 Å². The minimum Gasteiger partial charge on any atom is -0.459 e. The molecule has 0 spiro atoms. The molecule has 29 heavy (non-hydrogen) atoms. The number of aromatic nitrogens is 2. The molecule has 1 saturated carbocycles. The van der Waals surface area contributed by atoms with Crippen LogP contribution in [0.4, 0.5) is 23.1 Å². The highest BCUT2D eigenvalue weighted by atomic mass is 16.3. The molecular weight excluding hydrogens is 374 g/mol. The number of aliphatic hydroxyl groups excluding tert-OH is 1. The van der Waals surface area contributed by atoms with Gasteiger partial charge in [0.1, 0.15) is 11.2 Å². The lowest BCUT2D eigenvalue weighted by atomic mass is 10.1. The van der Waals surface area contributed by atoms with E-state index in [0.717, 1.165) is 12.8 Å². The van der Waals surface area contributed by atoms with Gasteiger partial charge < -0.3 is 31.2 Å². The van der Waals surface area contributed by atoms with Crippen molar-refractivity contribution in [2.75, 3.05) is 29.5 Å². The number of nitrogen functional groups attached to an aromatic ring is 1. The van der Waals surface area contributed by atoms with Gasteiger partial charge in [0.05, 0.1) is 12.9 Å². The van der Waals surface area contributed by atoms with Gasteiger partial charge in [0.15, 0.2) is 11.4 Å². The Hall–Kier alpha value is -3.66. The van der Waals surface area contributed by atoms with Crippen LogP contribution in [0.15, 0.2) is 34.9 Å². The normalized spacial score (nSPS) is 13.3. The maximum Gasteiger partial charge on any atom is 0.269 e. The summed E-state index contributed by atoms with van der Waals surface area (Å²) in [7, 11) is 0. The molecule has 1 fully saturated rings. The Balaban J connectivity index is 1.54. The number of nitrogens with one attached hydrogen (secondary N) is 4. The van der Waals surface area contributed by atoms with Crippen LogP contribution in [0, 0.1) is 5.41 Å². The molecule has 10 nitrogen and oxygen atoms in total. The average Bonchev–Trinajstić information content (AvgIpc) is 3.39. The van der Waals surface area contributed by atoms with E-state index >= 15 is 0 Å². The van der Waals surface area contributed by atoms with Crippen molar-refractivity contribution >= 4 is 45.9 Å². The third kappa shape index (κ3) is 4.11. The van der Waals surface area contributed by atoms with E-state index < -0.39 is 5.91 Å². The number of amides is 1. The summed E-state index contributed by atoms with van der Waals surface area (Å²) >= 11 is 0. The summed E-state index contributed by atoms with van der Waals surface area (Å²) in [6, 6.07) is 7.06. The first-order valence-corrected chi connectivity index (χ1v) is 9.21. The summed E-state index contributed by atoms with van der Waals surface area (Å²) in [4.78, 5) is 20.8. The van der Waals surface area contributed by atoms with Crippen LogP contribution in [0.3, 0.4) is 0 Å². The number of furan rings is 1. The zero-order valence-corrected chi connectivity index (χ0v) is 15.5. The van der Waals surface area contributed by atoms with Crippen molar-refractivity contribution in [2.24, 2.45) is 0 Å². The van der Waals surface area contributed by atoms with Crippen LogP contribution < -0.4 is 21.7 Å². The molecule has 1 aromatic carbocycles. The smallest absolute Gasteiger partial charge is 0.269 e. The number of aliphatic hydroxyl groups is 1. The molecule has 0 unspecified atom stereocenters. The van der Waals surface area contributed by atoms with Gasteiger partial charge >= 0.3 is 0 Å². The largest absolute Gasteiger partial charge is 0.459 e. The van der Waals surface area contributed by atoms with E-state index in [1.54, 1.807) is 30.5 Å². The van der Waals surface area contributed by atoms with Gasteiger partial charge in [-0.05, 0) is 31.0 Å². The Kier molecular flexibility index (Phi) is 5.00. The molecule has 4 rings (SSSR count). The highest BCUT2D eigenvalue weighted by Gasteiger charge is 2.24. The molecule has 1 aliphatic carbocycles. The monoisotopic (exact) mass is 395 g/mol. The van der Waals surface area contributed by atoms with Crippen molar-refractivity contribution in [1.29, 1.82) is 5.41 Å². The molecule has 0 atom stereocenters. The maximum absolute atomic E-state index is 11.9. The quantitative estimate of drug-likeness (QED) is 0.247. The molecule has 7 N–H and O–H groups in total. The maximum atomic E-state index is 11.9. The van der Waals surface area contributed by atoms with Crippen LogP contribution in [-0.2, 0) is 4.79 Å². The van der Waals surface area contributed by atoms with Crippen LogP contribution >= 0.6 is 0 Å². The average molecular weight is 395 g/mol. The minimum atomic E-state index is -0.601.